The molecule has 1 fully saturated rings. The summed E-state index contributed by atoms with van der Waals surface area (Å²) in [6.45, 7) is 8.99. The zero-order chi connectivity index (χ0) is 20.8. The van der Waals surface area contributed by atoms with Crippen LogP contribution < -0.4 is 5.56 Å². The zero-order valence-electron chi connectivity index (χ0n) is 17.3. The average Bonchev–Trinajstić information content (AvgIpc) is 3.28. The first-order valence-electron chi connectivity index (χ1n) is 10.2. The highest BCUT2D eigenvalue weighted by atomic mass is 32.1. The van der Waals surface area contributed by atoms with E-state index in [9.17, 15) is 9.59 Å². The van der Waals surface area contributed by atoms with E-state index in [1.807, 2.05) is 17.9 Å². The van der Waals surface area contributed by atoms with E-state index in [4.69, 9.17) is 4.74 Å². The van der Waals surface area contributed by atoms with Gasteiger partial charge in [0.2, 0.25) is 0 Å². The van der Waals surface area contributed by atoms with Crippen molar-refractivity contribution in [3.05, 3.63) is 45.7 Å². The fourth-order valence-corrected chi connectivity index (χ4v) is 4.97. The lowest BCUT2D eigenvalue weighted by Crippen LogP contribution is -2.49. The topological polar surface area (TPSA) is 63.9 Å². The fourth-order valence-electron chi connectivity index (χ4n) is 4.01. The number of carbonyl (C=O) groups excluding carboxylic acids is 1. The van der Waals surface area contributed by atoms with E-state index in [1.54, 1.807) is 24.4 Å². The van der Waals surface area contributed by atoms with Crippen LogP contribution in [0.2, 0.25) is 0 Å². The van der Waals surface area contributed by atoms with E-state index in [0.29, 0.717) is 33.3 Å². The minimum atomic E-state index is -0.620. The molecule has 0 N–H and O–H groups in total. The Hall–Kier alpha value is -2.25. The van der Waals surface area contributed by atoms with Gasteiger partial charge >= 0.3 is 0 Å². The summed E-state index contributed by atoms with van der Waals surface area (Å²) in [6, 6.07) is 7.18. The van der Waals surface area contributed by atoms with Gasteiger partial charge in [0.05, 0.1) is 22.9 Å². The summed E-state index contributed by atoms with van der Waals surface area (Å²) in [5, 5.41) is 0.485. The van der Waals surface area contributed by atoms with Crippen LogP contribution in [0.1, 0.15) is 56.6 Å². The molecule has 0 spiro atoms. The molecular formula is C22H27N3O3S. The molecule has 2 atom stereocenters. The van der Waals surface area contributed by atoms with Crippen molar-refractivity contribution in [2.45, 2.75) is 58.7 Å². The van der Waals surface area contributed by atoms with Crippen LogP contribution in [-0.4, -0.2) is 38.6 Å². The number of nitrogens with zero attached hydrogens (tertiary/aromatic N) is 3. The van der Waals surface area contributed by atoms with Crippen molar-refractivity contribution in [3.8, 4) is 0 Å². The Bertz CT molecular complexity index is 1120. The highest BCUT2D eigenvalue weighted by molar-refractivity contribution is 7.20. The number of fused-ring (bicyclic) bond motifs is 2. The van der Waals surface area contributed by atoms with E-state index in [2.05, 4.69) is 25.8 Å². The maximum Gasteiger partial charge on any atom is 0.266 e. The summed E-state index contributed by atoms with van der Waals surface area (Å²) in [6.07, 6.45) is 4.31. The Morgan fingerprint density at radius 3 is 2.93 bits per heavy atom. The van der Waals surface area contributed by atoms with Crippen LogP contribution in [0.15, 0.2) is 35.3 Å². The van der Waals surface area contributed by atoms with Crippen molar-refractivity contribution >= 4 is 33.1 Å². The van der Waals surface area contributed by atoms with Crippen LogP contribution in [0.4, 0.5) is 0 Å². The summed E-state index contributed by atoms with van der Waals surface area (Å²) in [7, 11) is 0. The summed E-state index contributed by atoms with van der Waals surface area (Å²) < 4.78 is 7.66. The van der Waals surface area contributed by atoms with E-state index in [1.165, 1.54) is 15.7 Å². The molecule has 4 rings (SSSR count). The second-order valence-corrected chi connectivity index (χ2v) is 9.36. The molecule has 0 aromatic carbocycles. The minimum Gasteiger partial charge on any atom is -0.354 e. The zero-order valence-corrected chi connectivity index (χ0v) is 18.2. The van der Waals surface area contributed by atoms with Crippen LogP contribution in [0, 0.1) is 5.92 Å². The van der Waals surface area contributed by atoms with Crippen LogP contribution in [0.25, 0.3) is 15.9 Å². The number of amides is 1. The van der Waals surface area contributed by atoms with Crippen LogP contribution in [-0.2, 0) is 4.74 Å². The molecule has 0 unspecified atom stereocenters. The lowest BCUT2D eigenvalue weighted by molar-refractivity contribution is -0.0639. The number of thiophene rings is 1. The van der Waals surface area contributed by atoms with Crippen LogP contribution >= 0.6 is 11.3 Å². The Morgan fingerprint density at radius 1 is 1.41 bits per heavy atom. The third-order valence-corrected chi connectivity index (χ3v) is 6.78. The monoisotopic (exact) mass is 413 g/mol. The van der Waals surface area contributed by atoms with Gasteiger partial charge in [0.1, 0.15) is 16.2 Å². The molecule has 1 aliphatic heterocycles. The highest BCUT2D eigenvalue weighted by Gasteiger charge is 2.46. The Kier molecular flexibility index (Phi) is 5.21. The smallest absolute Gasteiger partial charge is 0.266 e. The van der Waals surface area contributed by atoms with Crippen molar-refractivity contribution < 1.29 is 9.53 Å². The van der Waals surface area contributed by atoms with E-state index >= 15 is 0 Å². The van der Waals surface area contributed by atoms with Gasteiger partial charge in [-0.05, 0) is 50.3 Å². The molecule has 1 amide bonds. The standard InChI is InChI=1S/C22H27N3O3S/c1-5-15-13-28-22(4,10-9-14(2)3)25(15)21(27)17-12-16-19(29-17)23-18-8-6-7-11-24(18)20(16)26/h6-8,11-12,14-15H,5,9-10,13H2,1-4H3/t15-,22+/m0/s1. The van der Waals surface area contributed by atoms with Gasteiger partial charge in [0.25, 0.3) is 11.5 Å². The van der Waals surface area contributed by atoms with Gasteiger partial charge < -0.3 is 9.64 Å². The number of carbonyl (C=O) groups is 1. The molecule has 0 radical (unpaired) electrons. The molecule has 0 aliphatic carbocycles. The Morgan fingerprint density at radius 2 is 2.21 bits per heavy atom. The average molecular weight is 414 g/mol. The van der Waals surface area contributed by atoms with Gasteiger partial charge in [-0.15, -0.1) is 11.3 Å². The van der Waals surface area contributed by atoms with Crippen LogP contribution in [0.3, 0.4) is 0 Å². The van der Waals surface area contributed by atoms with Gasteiger partial charge in [-0.3, -0.25) is 14.0 Å². The van der Waals surface area contributed by atoms with Gasteiger partial charge in [-0.1, -0.05) is 26.8 Å². The number of hydrogen-bond donors (Lipinski definition) is 0. The summed E-state index contributed by atoms with van der Waals surface area (Å²) in [5.41, 5.74) is -0.178. The number of pyridine rings is 1. The maximum absolute atomic E-state index is 13.6. The maximum atomic E-state index is 13.6. The molecule has 3 aromatic rings. The first-order valence-corrected chi connectivity index (χ1v) is 11.0. The molecule has 0 bridgehead atoms. The van der Waals surface area contributed by atoms with Gasteiger partial charge in [0.15, 0.2) is 0 Å². The van der Waals surface area contributed by atoms with Crippen molar-refractivity contribution in [2.24, 2.45) is 5.92 Å². The Labute approximate surface area is 174 Å². The Balaban J connectivity index is 1.75. The van der Waals surface area contributed by atoms with E-state index < -0.39 is 5.72 Å². The first kappa shape index (κ1) is 20.0. The summed E-state index contributed by atoms with van der Waals surface area (Å²) in [5.74, 6) is 0.464. The molecule has 1 saturated heterocycles. The van der Waals surface area contributed by atoms with Gasteiger partial charge in [0, 0.05) is 6.20 Å². The molecular weight excluding hydrogens is 386 g/mol. The fraction of sp³-hybridized carbons (Fsp3) is 0.500. The van der Waals surface area contributed by atoms with Gasteiger partial charge in [-0.25, -0.2) is 4.98 Å². The minimum absolute atomic E-state index is 0.0398. The first-order chi connectivity index (χ1) is 13.8. The summed E-state index contributed by atoms with van der Waals surface area (Å²) >= 11 is 1.29. The molecule has 154 valence electrons. The van der Waals surface area contributed by atoms with Crippen molar-refractivity contribution in [1.29, 1.82) is 0 Å². The number of aromatic nitrogens is 2. The number of hydrogen-bond acceptors (Lipinski definition) is 5. The van der Waals surface area contributed by atoms with Gasteiger partial charge in [-0.2, -0.15) is 0 Å². The number of ether oxygens (including phenoxy) is 1. The molecule has 6 nitrogen and oxygen atoms in total. The summed E-state index contributed by atoms with van der Waals surface area (Å²) in [4.78, 5) is 34.0. The predicted molar refractivity (Wildman–Crippen MR) is 116 cm³/mol. The molecule has 29 heavy (non-hydrogen) atoms. The number of rotatable bonds is 5. The molecule has 4 heterocycles. The normalized spacial score (nSPS) is 22.2. The van der Waals surface area contributed by atoms with Crippen molar-refractivity contribution in [2.75, 3.05) is 6.61 Å². The largest absolute Gasteiger partial charge is 0.354 e. The second-order valence-electron chi connectivity index (χ2n) is 8.33. The lowest BCUT2D eigenvalue weighted by atomic mass is 9.99. The van der Waals surface area contributed by atoms with E-state index in [0.717, 1.165) is 19.3 Å². The molecule has 3 aromatic heterocycles. The molecule has 0 saturated carbocycles. The highest BCUT2D eigenvalue weighted by Crippen LogP contribution is 2.37. The molecule has 7 heteroatoms. The molecule has 1 aliphatic rings. The SMILES string of the molecule is CC[C@H]1CO[C@](C)(CCC(C)C)N1C(=O)c1cc2c(=O)n3ccccc3nc2s1. The lowest BCUT2D eigenvalue weighted by Gasteiger charge is -2.36. The third-order valence-electron chi connectivity index (χ3n) is 5.76. The van der Waals surface area contributed by atoms with E-state index in [-0.39, 0.29) is 17.5 Å². The van der Waals surface area contributed by atoms with Crippen molar-refractivity contribution in [1.82, 2.24) is 14.3 Å². The second kappa shape index (κ2) is 7.54. The third kappa shape index (κ3) is 3.46. The van der Waals surface area contributed by atoms with Crippen molar-refractivity contribution in [3.63, 3.8) is 0 Å². The predicted octanol–water partition coefficient (Wildman–Crippen LogP) is 4.31. The van der Waals surface area contributed by atoms with Crippen LogP contribution in [0.5, 0.6) is 0 Å². The quantitative estimate of drug-likeness (QED) is 0.625.